The zero-order chi connectivity index (χ0) is 14.7. The van der Waals surface area contributed by atoms with E-state index in [-0.39, 0.29) is 5.78 Å². The van der Waals surface area contributed by atoms with Crippen LogP contribution in [-0.2, 0) is 6.42 Å². The molecule has 0 atom stereocenters. The Labute approximate surface area is 120 Å². The number of hydrogen-bond donors (Lipinski definition) is 1. The molecule has 0 saturated carbocycles. The van der Waals surface area contributed by atoms with E-state index >= 15 is 0 Å². The number of carbonyl (C=O) groups is 1. The van der Waals surface area contributed by atoms with Gasteiger partial charge in [0.2, 0.25) is 0 Å². The number of nitrogen functional groups attached to an aromatic ring is 1. The van der Waals surface area contributed by atoms with Crippen LogP contribution >= 0.6 is 0 Å². The van der Waals surface area contributed by atoms with Gasteiger partial charge in [0.25, 0.3) is 0 Å². The van der Waals surface area contributed by atoms with Crippen LogP contribution in [0, 0.1) is 12.8 Å². The molecule has 104 valence electrons. The monoisotopic (exact) mass is 267 g/mol. The van der Waals surface area contributed by atoms with Gasteiger partial charge in [-0.25, -0.2) is 0 Å². The highest BCUT2D eigenvalue weighted by Crippen LogP contribution is 2.17. The first kappa shape index (κ1) is 14.3. The van der Waals surface area contributed by atoms with Crippen molar-refractivity contribution >= 4 is 11.5 Å². The molecule has 0 spiro atoms. The fourth-order valence-corrected chi connectivity index (χ4v) is 2.37. The van der Waals surface area contributed by atoms with Crippen LogP contribution in [-0.4, -0.2) is 5.78 Å². The van der Waals surface area contributed by atoms with Crippen LogP contribution < -0.4 is 5.73 Å². The third kappa shape index (κ3) is 3.47. The van der Waals surface area contributed by atoms with E-state index in [0.717, 1.165) is 12.0 Å². The molecule has 2 nitrogen and oxygen atoms in total. The molecular formula is C18H21NO. The van der Waals surface area contributed by atoms with Crippen molar-refractivity contribution in [3.8, 4) is 0 Å². The normalized spacial score (nSPS) is 10.8. The summed E-state index contributed by atoms with van der Waals surface area (Å²) in [7, 11) is 0. The van der Waals surface area contributed by atoms with Crippen molar-refractivity contribution in [3.63, 3.8) is 0 Å². The van der Waals surface area contributed by atoms with Crippen LogP contribution in [0.3, 0.4) is 0 Å². The first-order chi connectivity index (χ1) is 9.45. The fourth-order valence-electron chi connectivity index (χ4n) is 2.37. The third-order valence-corrected chi connectivity index (χ3v) is 3.22. The van der Waals surface area contributed by atoms with Crippen LogP contribution in [0.5, 0.6) is 0 Å². The largest absolute Gasteiger partial charge is 0.399 e. The maximum absolute atomic E-state index is 12.4. The van der Waals surface area contributed by atoms with Gasteiger partial charge in [0.15, 0.2) is 5.78 Å². The summed E-state index contributed by atoms with van der Waals surface area (Å²) in [6.07, 6.45) is 1.03. The van der Waals surface area contributed by atoms with Gasteiger partial charge < -0.3 is 5.73 Å². The van der Waals surface area contributed by atoms with E-state index in [1.54, 1.807) is 6.07 Å². The summed E-state index contributed by atoms with van der Waals surface area (Å²) in [6, 6.07) is 13.3. The average Bonchev–Trinajstić information content (AvgIpc) is 2.37. The lowest BCUT2D eigenvalue weighted by Gasteiger charge is -2.07. The van der Waals surface area contributed by atoms with E-state index < -0.39 is 0 Å². The van der Waals surface area contributed by atoms with Crippen LogP contribution in [0.4, 0.5) is 5.69 Å². The molecule has 20 heavy (non-hydrogen) atoms. The van der Waals surface area contributed by atoms with E-state index in [9.17, 15) is 4.79 Å². The lowest BCUT2D eigenvalue weighted by Crippen LogP contribution is -2.03. The molecule has 0 fully saturated rings. The number of hydrogen-bond acceptors (Lipinski definition) is 2. The Morgan fingerprint density at radius 2 is 1.70 bits per heavy atom. The number of rotatable bonds is 4. The predicted molar refractivity (Wildman–Crippen MR) is 84.0 cm³/mol. The first-order valence-electron chi connectivity index (χ1n) is 6.96. The molecule has 0 radical (unpaired) electrons. The highest BCUT2D eigenvalue weighted by atomic mass is 16.1. The van der Waals surface area contributed by atoms with Gasteiger partial charge in [-0.15, -0.1) is 0 Å². The maximum atomic E-state index is 12.4. The number of benzene rings is 2. The molecule has 0 aliphatic heterocycles. The SMILES string of the molecule is Cc1cc(N)cc(C(=O)c2ccc(CC(C)C)cc2)c1. The Morgan fingerprint density at radius 1 is 1.05 bits per heavy atom. The molecule has 0 heterocycles. The van der Waals surface area contributed by atoms with E-state index in [2.05, 4.69) is 13.8 Å². The standard InChI is InChI=1S/C18H21NO/c1-12(2)8-14-4-6-15(7-5-14)18(20)16-9-13(3)10-17(19)11-16/h4-7,9-12H,8,19H2,1-3H3. The molecule has 0 saturated heterocycles. The molecule has 2 N–H and O–H groups in total. The van der Waals surface area contributed by atoms with E-state index in [1.165, 1.54) is 5.56 Å². The minimum absolute atomic E-state index is 0.0245. The number of aryl methyl sites for hydroxylation is 1. The Balaban J connectivity index is 2.24. The van der Waals surface area contributed by atoms with E-state index in [0.29, 0.717) is 22.7 Å². The zero-order valence-electron chi connectivity index (χ0n) is 12.3. The predicted octanol–water partition coefficient (Wildman–Crippen LogP) is 4.01. The van der Waals surface area contributed by atoms with Gasteiger partial charge in [-0.3, -0.25) is 4.79 Å². The number of carbonyl (C=O) groups excluding carboxylic acids is 1. The van der Waals surface area contributed by atoms with Crippen molar-refractivity contribution in [2.75, 3.05) is 5.73 Å². The van der Waals surface area contributed by atoms with Gasteiger partial charge in [0.05, 0.1) is 0 Å². The Hall–Kier alpha value is -2.09. The van der Waals surface area contributed by atoms with Crippen molar-refractivity contribution in [1.29, 1.82) is 0 Å². The molecule has 2 aromatic carbocycles. The smallest absolute Gasteiger partial charge is 0.193 e. The summed E-state index contributed by atoms with van der Waals surface area (Å²) in [5.74, 6) is 0.643. The topological polar surface area (TPSA) is 43.1 Å². The lowest BCUT2D eigenvalue weighted by atomic mass is 9.97. The molecule has 0 aromatic heterocycles. The molecule has 0 unspecified atom stereocenters. The van der Waals surface area contributed by atoms with Gasteiger partial charge in [-0.2, -0.15) is 0 Å². The number of nitrogens with two attached hydrogens (primary N) is 1. The number of ketones is 1. The second-order valence-corrected chi connectivity index (χ2v) is 5.76. The summed E-state index contributed by atoms with van der Waals surface area (Å²) in [4.78, 5) is 12.4. The van der Waals surface area contributed by atoms with Crippen molar-refractivity contribution in [2.24, 2.45) is 5.92 Å². The van der Waals surface area contributed by atoms with Crippen LogP contribution in [0.1, 0.15) is 40.9 Å². The minimum atomic E-state index is 0.0245. The molecule has 2 heteroatoms. The Morgan fingerprint density at radius 3 is 2.25 bits per heavy atom. The fraction of sp³-hybridized carbons (Fsp3) is 0.278. The van der Waals surface area contributed by atoms with Crippen molar-refractivity contribution in [1.82, 2.24) is 0 Å². The summed E-state index contributed by atoms with van der Waals surface area (Å²) < 4.78 is 0. The van der Waals surface area contributed by atoms with Gasteiger partial charge in [-0.1, -0.05) is 38.1 Å². The second-order valence-electron chi connectivity index (χ2n) is 5.76. The number of anilines is 1. The second kappa shape index (κ2) is 5.91. The van der Waals surface area contributed by atoms with Gasteiger partial charge in [-0.05, 0) is 48.6 Å². The first-order valence-corrected chi connectivity index (χ1v) is 6.96. The quantitative estimate of drug-likeness (QED) is 0.672. The Kier molecular flexibility index (Phi) is 4.23. The van der Waals surface area contributed by atoms with Crippen molar-refractivity contribution in [2.45, 2.75) is 27.2 Å². The lowest BCUT2D eigenvalue weighted by molar-refractivity contribution is 0.103. The van der Waals surface area contributed by atoms with E-state index in [1.807, 2.05) is 43.3 Å². The molecule has 0 bridgehead atoms. The summed E-state index contributed by atoms with van der Waals surface area (Å²) in [5.41, 5.74) is 10.1. The zero-order valence-corrected chi connectivity index (χ0v) is 12.3. The molecular weight excluding hydrogens is 246 g/mol. The maximum Gasteiger partial charge on any atom is 0.193 e. The molecule has 0 amide bonds. The van der Waals surface area contributed by atoms with Gasteiger partial charge >= 0.3 is 0 Å². The summed E-state index contributed by atoms with van der Waals surface area (Å²) in [6.45, 7) is 6.32. The van der Waals surface area contributed by atoms with Crippen molar-refractivity contribution < 1.29 is 4.79 Å². The highest BCUT2D eigenvalue weighted by molar-refractivity contribution is 6.09. The molecule has 2 aromatic rings. The van der Waals surface area contributed by atoms with Crippen LogP contribution in [0.15, 0.2) is 42.5 Å². The summed E-state index contributed by atoms with van der Waals surface area (Å²) >= 11 is 0. The van der Waals surface area contributed by atoms with Crippen LogP contribution in [0.25, 0.3) is 0 Å². The minimum Gasteiger partial charge on any atom is -0.399 e. The van der Waals surface area contributed by atoms with Gasteiger partial charge in [0.1, 0.15) is 0 Å². The highest BCUT2D eigenvalue weighted by Gasteiger charge is 2.10. The van der Waals surface area contributed by atoms with E-state index in [4.69, 9.17) is 5.73 Å². The van der Waals surface area contributed by atoms with Gasteiger partial charge in [0, 0.05) is 16.8 Å². The molecule has 0 aliphatic rings. The van der Waals surface area contributed by atoms with Crippen molar-refractivity contribution in [3.05, 3.63) is 64.7 Å². The Bertz CT molecular complexity index is 592. The third-order valence-electron chi connectivity index (χ3n) is 3.22. The van der Waals surface area contributed by atoms with Crippen LogP contribution in [0.2, 0.25) is 0 Å². The average molecular weight is 267 g/mol. The molecule has 0 aliphatic carbocycles. The molecule has 2 rings (SSSR count). The summed E-state index contributed by atoms with van der Waals surface area (Å²) in [5, 5.41) is 0.